The maximum atomic E-state index is 12.3. The number of benzene rings is 1. The van der Waals surface area contributed by atoms with Crippen molar-refractivity contribution in [3.63, 3.8) is 0 Å². The molecule has 0 bridgehead atoms. The summed E-state index contributed by atoms with van der Waals surface area (Å²) in [6.45, 7) is 3.30. The number of hydrogen-bond acceptors (Lipinski definition) is 6. The molecule has 0 aliphatic heterocycles. The molecule has 0 aliphatic carbocycles. The van der Waals surface area contributed by atoms with Gasteiger partial charge in [-0.05, 0) is 44.2 Å². The molecule has 24 heavy (non-hydrogen) atoms. The second kappa shape index (κ2) is 6.37. The molecule has 2 aromatic heterocycles. The van der Waals surface area contributed by atoms with Crippen molar-refractivity contribution in [1.29, 1.82) is 0 Å². The highest BCUT2D eigenvalue weighted by Crippen LogP contribution is 2.13. The van der Waals surface area contributed by atoms with E-state index in [-0.39, 0.29) is 11.6 Å². The van der Waals surface area contributed by atoms with E-state index in [1.54, 1.807) is 36.5 Å². The van der Waals surface area contributed by atoms with Crippen LogP contribution < -0.4 is 0 Å². The molecule has 7 nitrogen and oxygen atoms in total. The van der Waals surface area contributed by atoms with Crippen LogP contribution in [-0.4, -0.2) is 37.4 Å². The lowest BCUT2D eigenvalue weighted by molar-refractivity contribution is 0.0307. The number of hydrogen-bond donors (Lipinski definition) is 0. The molecule has 0 unspecified atom stereocenters. The summed E-state index contributed by atoms with van der Waals surface area (Å²) in [6, 6.07) is 8.09. The molecule has 0 spiro atoms. The number of nitrogens with zero attached hydrogens (tertiary/aromatic N) is 4. The summed E-state index contributed by atoms with van der Waals surface area (Å²) in [6.07, 6.45) is 0.598. The molecule has 0 saturated carbocycles. The highest BCUT2D eigenvalue weighted by atomic mass is 35.5. The Balaban J connectivity index is 1.76. The van der Waals surface area contributed by atoms with Crippen molar-refractivity contribution in [3.8, 4) is 0 Å². The number of carbonyl (C=O) groups excluding carboxylic acids is 2. The van der Waals surface area contributed by atoms with Crippen molar-refractivity contribution in [2.75, 3.05) is 0 Å². The van der Waals surface area contributed by atoms with Gasteiger partial charge >= 0.3 is 5.97 Å². The molecule has 122 valence electrons. The van der Waals surface area contributed by atoms with E-state index < -0.39 is 12.1 Å². The number of ketones is 1. The Hall–Kier alpha value is -2.80. The zero-order valence-electron chi connectivity index (χ0n) is 12.9. The summed E-state index contributed by atoms with van der Waals surface area (Å²) in [5.74, 6) is -0.973. The number of esters is 1. The molecule has 0 fully saturated rings. The lowest BCUT2D eigenvalue weighted by Crippen LogP contribution is -2.25. The van der Waals surface area contributed by atoms with E-state index in [0.717, 1.165) is 5.69 Å². The summed E-state index contributed by atoms with van der Waals surface area (Å²) in [7, 11) is 0. The van der Waals surface area contributed by atoms with Gasteiger partial charge in [-0.2, -0.15) is 4.98 Å². The van der Waals surface area contributed by atoms with Crippen LogP contribution in [0.3, 0.4) is 0 Å². The van der Waals surface area contributed by atoms with E-state index in [9.17, 15) is 9.59 Å². The van der Waals surface area contributed by atoms with Crippen LogP contribution in [0.5, 0.6) is 0 Å². The molecule has 1 aromatic carbocycles. The van der Waals surface area contributed by atoms with Crippen LogP contribution in [0.2, 0.25) is 5.02 Å². The second-order valence-corrected chi connectivity index (χ2v) is 5.59. The van der Waals surface area contributed by atoms with Gasteiger partial charge in [0.2, 0.25) is 5.78 Å². The molecule has 0 saturated heterocycles. The van der Waals surface area contributed by atoms with Crippen molar-refractivity contribution in [3.05, 3.63) is 58.6 Å². The zero-order valence-corrected chi connectivity index (χ0v) is 13.7. The van der Waals surface area contributed by atoms with Crippen molar-refractivity contribution < 1.29 is 14.3 Å². The van der Waals surface area contributed by atoms with Crippen LogP contribution in [-0.2, 0) is 4.74 Å². The molecule has 1 atom stereocenters. The first kappa shape index (κ1) is 16.1. The highest BCUT2D eigenvalue weighted by Gasteiger charge is 2.23. The van der Waals surface area contributed by atoms with Gasteiger partial charge in [0.25, 0.3) is 11.6 Å². The van der Waals surface area contributed by atoms with Gasteiger partial charge in [0.05, 0.1) is 0 Å². The zero-order chi connectivity index (χ0) is 17.3. The van der Waals surface area contributed by atoms with Crippen LogP contribution >= 0.6 is 11.6 Å². The molecular weight excluding hydrogens is 332 g/mol. The van der Waals surface area contributed by atoms with Gasteiger partial charge in [0.1, 0.15) is 0 Å². The number of Topliss-reactive ketones (excluding diaryl/α,β-unsaturated/α-hetero) is 1. The molecule has 0 radical (unpaired) electrons. The Morgan fingerprint density at radius 3 is 2.58 bits per heavy atom. The number of ether oxygens (including phenoxy) is 1. The fourth-order valence-corrected chi connectivity index (χ4v) is 2.23. The van der Waals surface area contributed by atoms with Gasteiger partial charge in [-0.15, -0.1) is 5.10 Å². The van der Waals surface area contributed by atoms with Crippen LogP contribution in [0.25, 0.3) is 5.78 Å². The number of aromatic nitrogens is 4. The predicted octanol–water partition coefficient (Wildman–Crippen LogP) is 2.51. The summed E-state index contributed by atoms with van der Waals surface area (Å²) < 4.78 is 6.60. The lowest BCUT2D eigenvalue weighted by Gasteiger charge is -2.10. The van der Waals surface area contributed by atoms with Crippen molar-refractivity contribution in [2.24, 2.45) is 0 Å². The first-order chi connectivity index (χ1) is 11.5. The fraction of sp³-hybridized carbons (Fsp3) is 0.188. The third kappa shape index (κ3) is 3.11. The van der Waals surface area contributed by atoms with E-state index >= 15 is 0 Å². The van der Waals surface area contributed by atoms with E-state index in [0.29, 0.717) is 16.4 Å². The van der Waals surface area contributed by atoms with Gasteiger partial charge in [-0.1, -0.05) is 11.6 Å². The highest BCUT2D eigenvalue weighted by molar-refractivity contribution is 6.30. The number of rotatable bonds is 4. The summed E-state index contributed by atoms with van der Waals surface area (Å²) in [5.41, 5.74) is 1.18. The normalized spacial score (nSPS) is 12.1. The second-order valence-electron chi connectivity index (χ2n) is 5.15. The van der Waals surface area contributed by atoms with Crippen LogP contribution in [0.15, 0.2) is 36.5 Å². The van der Waals surface area contributed by atoms with E-state index in [2.05, 4.69) is 15.1 Å². The van der Waals surface area contributed by atoms with E-state index in [1.165, 1.54) is 11.4 Å². The third-order valence-corrected chi connectivity index (χ3v) is 3.65. The standard InChI is InChI=1S/C16H13ClN4O3/c1-9-7-8-18-16-19-14(20-21(9)16)15(23)24-10(2)13(22)11-3-5-12(17)6-4-11/h3-8,10H,1-2H3/t10-/m0/s1. The number of carbonyl (C=O) groups is 2. The Morgan fingerprint density at radius 2 is 1.92 bits per heavy atom. The largest absolute Gasteiger partial charge is 0.448 e. The quantitative estimate of drug-likeness (QED) is 0.534. The topological polar surface area (TPSA) is 86.5 Å². The van der Waals surface area contributed by atoms with E-state index in [1.807, 2.05) is 6.92 Å². The SMILES string of the molecule is Cc1ccnc2nc(C(=O)O[C@@H](C)C(=O)c3ccc(Cl)cc3)nn12. The van der Waals surface area contributed by atoms with Crippen LogP contribution in [0.1, 0.15) is 33.6 Å². The number of halogens is 1. The molecular formula is C16H13ClN4O3. The molecule has 8 heteroatoms. The number of aryl methyl sites for hydroxylation is 1. The minimum atomic E-state index is -0.973. The van der Waals surface area contributed by atoms with Crippen LogP contribution in [0.4, 0.5) is 0 Å². The van der Waals surface area contributed by atoms with Crippen molar-refractivity contribution in [1.82, 2.24) is 19.6 Å². The van der Waals surface area contributed by atoms with Gasteiger partial charge in [0.15, 0.2) is 6.10 Å². The fourth-order valence-electron chi connectivity index (χ4n) is 2.11. The molecule has 0 aliphatic rings. The summed E-state index contributed by atoms with van der Waals surface area (Å²) in [5, 5.41) is 4.57. The van der Waals surface area contributed by atoms with Crippen molar-refractivity contribution in [2.45, 2.75) is 20.0 Å². The van der Waals surface area contributed by atoms with Gasteiger partial charge in [0, 0.05) is 22.5 Å². The van der Waals surface area contributed by atoms with Gasteiger partial charge < -0.3 is 4.74 Å². The molecule has 0 amide bonds. The smallest absolute Gasteiger partial charge is 0.379 e. The van der Waals surface area contributed by atoms with Gasteiger partial charge in [-0.3, -0.25) is 4.79 Å². The lowest BCUT2D eigenvalue weighted by atomic mass is 10.1. The first-order valence-electron chi connectivity index (χ1n) is 7.15. The molecule has 3 aromatic rings. The minimum Gasteiger partial charge on any atom is -0.448 e. The number of fused-ring (bicyclic) bond motifs is 1. The third-order valence-electron chi connectivity index (χ3n) is 3.39. The Bertz CT molecular complexity index is 921. The molecule has 2 heterocycles. The predicted molar refractivity (Wildman–Crippen MR) is 86.2 cm³/mol. The summed E-state index contributed by atoms with van der Waals surface area (Å²) >= 11 is 5.79. The van der Waals surface area contributed by atoms with Gasteiger partial charge in [-0.25, -0.2) is 14.3 Å². The van der Waals surface area contributed by atoms with E-state index in [4.69, 9.17) is 16.3 Å². The molecule has 0 N–H and O–H groups in total. The minimum absolute atomic E-state index is 0.146. The van der Waals surface area contributed by atoms with Crippen LogP contribution in [0, 0.1) is 6.92 Å². The Morgan fingerprint density at radius 1 is 1.21 bits per heavy atom. The summed E-state index contributed by atoms with van der Waals surface area (Å²) in [4.78, 5) is 32.5. The molecule has 3 rings (SSSR count). The maximum absolute atomic E-state index is 12.3. The monoisotopic (exact) mass is 344 g/mol. The average Bonchev–Trinajstić information content (AvgIpc) is 3.00. The average molecular weight is 345 g/mol. The Labute approximate surface area is 142 Å². The maximum Gasteiger partial charge on any atom is 0.379 e. The van der Waals surface area contributed by atoms with Crippen molar-refractivity contribution >= 4 is 29.1 Å². The Kier molecular flexibility index (Phi) is 4.26. The first-order valence-corrected chi connectivity index (χ1v) is 7.52.